The highest BCUT2D eigenvalue weighted by molar-refractivity contribution is 8.00. The Labute approximate surface area is 174 Å². The average Bonchev–Trinajstić information content (AvgIpc) is 3.05. The molecule has 1 aliphatic rings. The predicted molar refractivity (Wildman–Crippen MR) is 112 cm³/mol. The Kier molecular flexibility index (Phi) is 6.75. The third-order valence-electron chi connectivity index (χ3n) is 4.62. The summed E-state index contributed by atoms with van der Waals surface area (Å²) in [6.07, 6.45) is 0. The number of carbonyl (C=O) groups excluding carboxylic acids is 2. The second-order valence-electron chi connectivity index (χ2n) is 6.96. The molecule has 156 valence electrons. The van der Waals surface area contributed by atoms with Crippen molar-refractivity contribution in [3.8, 4) is 0 Å². The fourth-order valence-electron chi connectivity index (χ4n) is 2.98. The van der Waals surface area contributed by atoms with E-state index in [0.29, 0.717) is 24.1 Å². The third-order valence-corrected chi connectivity index (χ3v) is 5.76. The Hall–Kier alpha value is -2.59. The number of thioether (sulfide) groups is 1. The molecule has 3 rings (SSSR count). The van der Waals surface area contributed by atoms with Gasteiger partial charge in [-0.05, 0) is 32.4 Å². The molecule has 1 aromatic carbocycles. The number of hydrogen-bond donors (Lipinski definition) is 2. The number of urea groups is 1. The van der Waals surface area contributed by atoms with Crippen molar-refractivity contribution in [1.29, 1.82) is 0 Å². The molecule has 10 heteroatoms. The molecule has 1 aliphatic heterocycles. The Morgan fingerprint density at radius 2 is 1.93 bits per heavy atom. The van der Waals surface area contributed by atoms with Crippen LogP contribution in [0.2, 0.25) is 0 Å². The summed E-state index contributed by atoms with van der Waals surface area (Å²) in [7, 11) is 1.87. The van der Waals surface area contributed by atoms with Gasteiger partial charge in [-0.2, -0.15) is 0 Å². The van der Waals surface area contributed by atoms with E-state index in [2.05, 4.69) is 25.7 Å². The van der Waals surface area contributed by atoms with Gasteiger partial charge in [-0.15, -0.1) is 10.2 Å². The van der Waals surface area contributed by atoms with Gasteiger partial charge in [0, 0.05) is 25.8 Å². The maximum absolute atomic E-state index is 12.4. The Balaban J connectivity index is 1.56. The number of hydrogen-bond acceptors (Lipinski definition) is 7. The number of ether oxygens (including phenoxy) is 1. The smallest absolute Gasteiger partial charge is 0.325 e. The van der Waals surface area contributed by atoms with Crippen molar-refractivity contribution in [3.05, 3.63) is 29.3 Å². The quantitative estimate of drug-likeness (QED) is 0.717. The molecular formula is C19H26N6O3S. The Morgan fingerprint density at radius 3 is 2.62 bits per heavy atom. The van der Waals surface area contributed by atoms with Gasteiger partial charge in [-0.1, -0.05) is 29.5 Å². The molecular weight excluding hydrogens is 392 g/mol. The molecule has 3 amide bonds. The molecule has 0 bridgehead atoms. The van der Waals surface area contributed by atoms with E-state index in [4.69, 9.17) is 4.74 Å². The van der Waals surface area contributed by atoms with Gasteiger partial charge in [0.05, 0.1) is 18.5 Å². The van der Waals surface area contributed by atoms with Crippen LogP contribution >= 0.6 is 11.8 Å². The Morgan fingerprint density at radius 1 is 1.21 bits per heavy atom. The van der Waals surface area contributed by atoms with Crippen LogP contribution in [0.5, 0.6) is 0 Å². The molecule has 1 saturated heterocycles. The van der Waals surface area contributed by atoms with Crippen molar-refractivity contribution in [2.75, 3.05) is 36.5 Å². The number of aryl methyl sites for hydroxylation is 2. The molecule has 1 unspecified atom stereocenters. The molecule has 9 nitrogen and oxygen atoms in total. The van der Waals surface area contributed by atoms with Crippen LogP contribution in [0.3, 0.4) is 0 Å². The van der Waals surface area contributed by atoms with Crippen molar-refractivity contribution in [2.24, 2.45) is 7.05 Å². The van der Waals surface area contributed by atoms with E-state index in [1.165, 1.54) is 11.8 Å². The SMILES string of the molecule is Cc1ccc(NC(=O)NC(=O)C(C)Sc2nnc(N3CCOCC3)n2C)c(C)c1. The summed E-state index contributed by atoms with van der Waals surface area (Å²) in [6.45, 7) is 8.44. The first-order chi connectivity index (χ1) is 13.8. The zero-order chi connectivity index (χ0) is 21.0. The normalized spacial score (nSPS) is 15.1. The van der Waals surface area contributed by atoms with Crippen molar-refractivity contribution in [1.82, 2.24) is 20.1 Å². The lowest BCUT2D eigenvalue weighted by Gasteiger charge is -2.27. The molecule has 0 aliphatic carbocycles. The lowest BCUT2D eigenvalue weighted by Crippen LogP contribution is -2.39. The van der Waals surface area contributed by atoms with Crippen LogP contribution in [-0.4, -0.2) is 58.3 Å². The number of benzene rings is 1. The highest BCUT2D eigenvalue weighted by atomic mass is 32.2. The Bertz CT molecular complexity index is 894. The number of nitrogens with one attached hydrogen (secondary N) is 2. The minimum absolute atomic E-state index is 0.395. The number of carbonyl (C=O) groups is 2. The number of nitrogens with zero attached hydrogens (tertiary/aromatic N) is 4. The van der Waals surface area contributed by atoms with Crippen LogP contribution in [0.4, 0.5) is 16.4 Å². The minimum atomic E-state index is -0.554. The first kappa shape index (κ1) is 21.1. The first-order valence-corrected chi connectivity index (χ1v) is 10.3. The van der Waals surface area contributed by atoms with E-state index in [1.54, 1.807) is 6.92 Å². The second kappa shape index (κ2) is 9.27. The summed E-state index contributed by atoms with van der Waals surface area (Å²) in [5.41, 5.74) is 2.71. The van der Waals surface area contributed by atoms with E-state index in [1.807, 2.05) is 43.7 Å². The van der Waals surface area contributed by atoms with Gasteiger partial charge in [0.15, 0.2) is 5.16 Å². The van der Waals surface area contributed by atoms with E-state index in [0.717, 1.165) is 30.2 Å². The highest BCUT2D eigenvalue weighted by Gasteiger charge is 2.23. The van der Waals surface area contributed by atoms with Crippen LogP contribution in [-0.2, 0) is 16.6 Å². The van der Waals surface area contributed by atoms with E-state index in [-0.39, 0.29) is 0 Å². The lowest BCUT2D eigenvalue weighted by molar-refractivity contribution is -0.119. The largest absolute Gasteiger partial charge is 0.378 e. The zero-order valence-electron chi connectivity index (χ0n) is 17.1. The standard InChI is InChI=1S/C19H26N6O3S/c1-12-5-6-15(13(2)11-12)20-17(27)21-16(26)14(3)29-19-23-22-18(24(19)4)25-7-9-28-10-8-25/h5-6,11,14H,7-10H2,1-4H3,(H2,20,21,26,27). The maximum Gasteiger partial charge on any atom is 0.325 e. The minimum Gasteiger partial charge on any atom is -0.378 e. The number of rotatable bonds is 5. The van der Waals surface area contributed by atoms with Gasteiger partial charge in [-0.25, -0.2) is 4.79 Å². The van der Waals surface area contributed by atoms with Crippen LogP contribution in [0.15, 0.2) is 23.4 Å². The molecule has 29 heavy (non-hydrogen) atoms. The number of imide groups is 1. The molecule has 1 fully saturated rings. The molecule has 1 atom stereocenters. The monoisotopic (exact) mass is 418 g/mol. The highest BCUT2D eigenvalue weighted by Crippen LogP contribution is 2.25. The van der Waals surface area contributed by atoms with E-state index in [9.17, 15) is 9.59 Å². The van der Waals surface area contributed by atoms with Crippen molar-refractivity contribution >= 4 is 35.3 Å². The number of morpholine rings is 1. The predicted octanol–water partition coefficient (Wildman–Crippen LogP) is 2.10. The fourth-order valence-corrected chi connectivity index (χ4v) is 3.79. The summed E-state index contributed by atoms with van der Waals surface area (Å²) in [5.74, 6) is 0.351. The maximum atomic E-state index is 12.4. The lowest BCUT2D eigenvalue weighted by atomic mass is 10.1. The van der Waals surface area contributed by atoms with Gasteiger partial charge >= 0.3 is 6.03 Å². The van der Waals surface area contributed by atoms with Gasteiger partial charge in [-0.3, -0.25) is 14.7 Å². The average molecular weight is 419 g/mol. The van der Waals surface area contributed by atoms with Crippen molar-refractivity contribution in [3.63, 3.8) is 0 Å². The summed E-state index contributed by atoms with van der Waals surface area (Å²) in [6, 6.07) is 5.14. The first-order valence-electron chi connectivity index (χ1n) is 9.43. The fraction of sp³-hybridized carbons (Fsp3) is 0.474. The number of anilines is 2. The molecule has 0 radical (unpaired) electrons. The summed E-state index contributed by atoms with van der Waals surface area (Å²) >= 11 is 1.26. The van der Waals surface area contributed by atoms with Crippen LogP contribution < -0.4 is 15.5 Å². The number of amides is 3. The molecule has 0 spiro atoms. The van der Waals surface area contributed by atoms with Gasteiger partial charge in [0.25, 0.3) is 0 Å². The van der Waals surface area contributed by atoms with Gasteiger partial charge in [0.1, 0.15) is 0 Å². The molecule has 2 aromatic rings. The van der Waals surface area contributed by atoms with Gasteiger partial charge < -0.3 is 15.0 Å². The summed E-state index contributed by atoms with van der Waals surface area (Å²) in [5, 5.41) is 13.6. The zero-order valence-corrected chi connectivity index (χ0v) is 17.9. The molecule has 2 N–H and O–H groups in total. The summed E-state index contributed by atoms with van der Waals surface area (Å²) in [4.78, 5) is 26.7. The molecule has 1 aromatic heterocycles. The summed E-state index contributed by atoms with van der Waals surface area (Å²) < 4.78 is 7.22. The van der Waals surface area contributed by atoms with Gasteiger partial charge in [0.2, 0.25) is 11.9 Å². The van der Waals surface area contributed by atoms with Crippen molar-refractivity contribution < 1.29 is 14.3 Å². The second-order valence-corrected chi connectivity index (χ2v) is 8.27. The van der Waals surface area contributed by atoms with Crippen molar-refractivity contribution in [2.45, 2.75) is 31.2 Å². The van der Waals surface area contributed by atoms with Crippen LogP contribution in [0.25, 0.3) is 0 Å². The third kappa shape index (κ3) is 5.27. The molecule has 0 saturated carbocycles. The molecule has 2 heterocycles. The number of aromatic nitrogens is 3. The van der Waals surface area contributed by atoms with E-state index < -0.39 is 17.2 Å². The topological polar surface area (TPSA) is 101 Å². The van der Waals surface area contributed by atoms with Crippen LogP contribution in [0.1, 0.15) is 18.1 Å². The van der Waals surface area contributed by atoms with E-state index >= 15 is 0 Å². The van der Waals surface area contributed by atoms with Crippen LogP contribution in [0, 0.1) is 13.8 Å².